The van der Waals surface area contributed by atoms with Gasteiger partial charge in [-0.05, 0) is 41.2 Å². The molecule has 13 heteroatoms. The number of hydroxylamine groups is 2. The Kier molecular flexibility index (Phi) is 8.32. The minimum atomic E-state index is -2.21. The lowest BCUT2D eigenvalue weighted by Gasteiger charge is -2.27. The average Bonchev–Trinajstić information content (AvgIpc) is 3.06. The lowest BCUT2D eigenvalue weighted by atomic mass is 10.1. The highest BCUT2D eigenvalue weighted by molar-refractivity contribution is 9.10. The van der Waals surface area contributed by atoms with E-state index in [1.165, 1.54) is 30.3 Å². The van der Waals surface area contributed by atoms with E-state index in [0.29, 0.717) is 37.5 Å². The van der Waals surface area contributed by atoms with Crippen LogP contribution >= 0.6 is 15.9 Å². The second-order valence-corrected chi connectivity index (χ2v) is 8.17. The number of rotatable bonds is 3. The van der Waals surface area contributed by atoms with Gasteiger partial charge in [-0.3, -0.25) is 14.3 Å². The van der Waals surface area contributed by atoms with Gasteiger partial charge in [0.15, 0.2) is 0 Å². The molecule has 2 aliphatic rings. The predicted molar refractivity (Wildman–Crippen MR) is 117 cm³/mol. The van der Waals surface area contributed by atoms with Crippen LogP contribution in [-0.4, -0.2) is 71.9 Å². The molecule has 0 atom stereocenters. The number of benzene rings is 1. The number of carbonyl (C=O) groups is 2. The number of hydrogen-bond acceptors (Lipinski definition) is 5. The van der Waals surface area contributed by atoms with Crippen LogP contribution in [-0.2, 0) is 24.3 Å². The molecule has 2 aliphatic heterocycles. The zero-order chi connectivity index (χ0) is 24.1. The summed E-state index contributed by atoms with van der Waals surface area (Å²) < 4.78 is 37.2. The highest BCUT2D eigenvalue weighted by atomic mass is 79.9. The second-order valence-electron chi connectivity index (χ2n) is 7.31. The van der Waals surface area contributed by atoms with Crippen LogP contribution in [0.15, 0.2) is 22.7 Å². The zero-order valence-corrected chi connectivity index (χ0v) is 19.7. The quantitative estimate of drug-likeness (QED) is 0.634. The molecule has 33 heavy (non-hydrogen) atoms. The number of urea groups is 1. The maximum Gasteiger partial charge on any atom is 0.322 e. The second kappa shape index (κ2) is 11.0. The molecule has 1 aromatic heterocycles. The van der Waals surface area contributed by atoms with Crippen LogP contribution in [0, 0.1) is 5.82 Å². The molecule has 0 saturated heterocycles. The average molecular weight is 533 g/mol. The molecule has 0 fully saturated rings. The number of fused-ring (bicyclic) bond motifs is 3. The first-order valence-corrected chi connectivity index (χ1v) is 10.9. The Labute approximate surface area is 196 Å². The van der Waals surface area contributed by atoms with Gasteiger partial charge in [0.1, 0.15) is 11.5 Å². The fourth-order valence-electron chi connectivity index (χ4n) is 3.40. The van der Waals surface area contributed by atoms with Crippen molar-refractivity contribution in [2.24, 2.45) is 0 Å². The van der Waals surface area contributed by atoms with Crippen molar-refractivity contribution >= 4 is 33.6 Å². The molecular weight excluding hydrogens is 509 g/mol. The largest absolute Gasteiger partial charge is 0.322 e. The summed E-state index contributed by atoms with van der Waals surface area (Å²) in [6, 6.07) is 3.96. The van der Waals surface area contributed by atoms with Crippen LogP contribution < -0.4 is 10.6 Å². The third-order valence-corrected chi connectivity index (χ3v) is 5.60. The van der Waals surface area contributed by atoms with Gasteiger partial charge < -0.3 is 15.5 Å². The summed E-state index contributed by atoms with van der Waals surface area (Å²) in [6.07, 6.45) is -1.65. The van der Waals surface area contributed by atoms with Crippen molar-refractivity contribution < 1.29 is 27.6 Å². The lowest BCUT2D eigenvalue weighted by Crippen LogP contribution is -2.39. The zero-order valence-electron chi connectivity index (χ0n) is 18.1. The van der Waals surface area contributed by atoms with E-state index in [1.807, 2.05) is 0 Å². The summed E-state index contributed by atoms with van der Waals surface area (Å²) in [5.74, 6) is -0.672. The van der Waals surface area contributed by atoms with Gasteiger partial charge in [-0.15, -0.1) is 0 Å². The molecule has 0 radical (unpaired) electrons. The standard InChI is InChI=1S/C17H17BrFN5O3.C3H7F2N/c1-22-16(25)15-11-9-23(5-4-14(11)21-24(15)6-7-27-22)17(26)20-10-2-3-13(19)12(18)8-10;1-6-2-3(4)5/h2-3,8H,4-7,9H2,1H3,(H,20,26);3,6H,2H2,1H3. The summed E-state index contributed by atoms with van der Waals surface area (Å²) in [5.41, 5.74) is 2.53. The van der Waals surface area contributed by atoms with Crippen LogP contribution in [0.5, 0.6) is 0 Å². The van der Waals surface area contributed by atoms with E-state index in [2.05, 4.69) is 31.7 Å². The number of aromatic nitrogens is 2. The number of halogens is 4. The molecule has 9 nitrogen and oxygen atoms in total. The Balaban J connectivity index is 0.000000454. The number of nitrogens with one attached hydrogen (secondary N) is 2. The summed E-state index contributed by atoms with van der Waals surface area (Å²) in [4.78, 5) is 32.2. The Morgan fingerprint density at radius 2 is 2.09 bits per heavy atom. The van der Waals surface area contributed by atoms with Gasteiger partial charge in [0.05, 0.1) is 36.4 Å². The highest BCUT2D eigenvalue weighted by Crippen LogP contribution is 2.26. The van der Waals surface area contributed by atoms with E-state index >= 15 is 0 Å². The van der Waals surface area contributed by atoms with Crippen LogP contribution in [0.4, 0.5) is 23.7 Å². The molecule has 0 unspecified atom stereocenters. The Morgan fingerprint density at radius 1 is 1.33 bits per heavy atom. The number of hydrogen-bond donors (Lipinski definition) is 2. The van der Waals surface area contributed by atoms with Crippen LogP contribution in [0.25, 0.3) is 0 Å². The maximum atomic E-state index is 13.4. The molecule has 0 aliphatic carbocycles. The molecule has 2 aromatic rings. The summed E-state index contributed by atoms with van der Waals surface area (Å²) in [5, 5.41) is 10.8. The van der Waals surface area contributed by atoms with Gasteiger partial charge in [0, 0.05) is 31.3 Å². The first-order chi connectivity index (χ1) is 15.7. The third kappa shape index (κ3) is 6.03. The summed E-state index contributed by atoms with van der Waals surface area (Å²) in [7, 11) is 3.06. The van der Waals surface area contributed by atoms with Gasteiger partial charge in [-0.25, -0.2) is 23.0 Å². The Hall–Kier alpha value is -2.64. The molecule has 3 heterocycles. The van der Waals surface area contributed by atoms with E-state index in [4.69, 9.17) is 4.84 Å². The Bertz CT molecular complexity index is 1020. The van der Waals surface area contributed by atoms with Crippen LogP contribution in [0.2, 0.25) is 0 Å². The normalized spacial score (nSPS) is 15.4. The molecule has 1 aromatic carbocycles. The van der Waals surface area contributed by atoms with E-state index in [9.17, 15) is 22.8 Å². The Morgan fingerprint density at radius 3 is 2.73 bits per heavy atom. The summed E-state index contributed by atoms with van der Waals surface area (Å²) >= 11 is 3.10. The number of alkyl halides is 2. The minimum absolute atomic E-state index is 0.208. The van der Waals surface area contributed by atoms with Crippen LogP contribution in [0.3, 0.4) is 0 Å². The van der Waals surface area contributed by atoms with Crippen molar-refractivity contribution in [3.8, 4) is 0 Å². The van der Waals surface area contributed by atoms with Gasteiger partial charge in [-0.1, -0.05) is 0 Å². The fraction of sp³-hybridized carbons (Fsp3) is 0.450. The first-order valence-electron chi connectivity index (χ1n) is 10.1. The smallest absolute Gasteiger partial charge is 0.320 e. The van der Waals surface area contributed by atoms with Crippen LogP contribution in [0.1, 0.15) is 21.7 Å². The fourth-order valence-corrected chi connectivity index (χ4v) is 3.78. The number of anilines is 1. The minimum Gasteiger partial charge on any atom is -0.320 e. The van der Waals surface area contributed by atoms with Gasteiger partial charge in [-0.2, -0.15) is 5.10 Å². The van der Waals surface area contributed by atoms with Crippen molar-refractivity contribution in [2.45, 2.75) is 25.9 Å². The molecule has 2 N–H and O–H groups in total. The van der Waals surface area contributed by atoms with E-state index < -0.39 is 12.2 Å². The number of nitrogens with zero attached hydrogens (tertiary/aromatic N) is 4. The van der Waals surface area contributed by atoms with Gasteiger partial charge in [0.2, 0.25) is 0 Å². The van der Waals surface area contributed by atoms with E-state index in [0.717, 1.165) is 11.3 Å². The summed E-state index contributed by atoms with van der Waals surface area (Å²) in [6.45, 7) is 1.39. The molecule has 0 spiro atoms. The van der Waals surface area contributed by atoms with Crippen molar-refractivity contribution in [3.63, 3.8) is 0 Å². The monoisotopic (exact) mass is 532 g/mol. The van der Waals surface area contributed by atoms with Crippen molar-refractivity contribution in [1.82, 2.24) is 25.1 Å². The van der Waals surface area contributed by atoms with E-state index in [-0.39, 0.29) is 29.5 Å². The highest BCUT2D eigenvalue weighted by Gasteiger charge is 2.33. The van der Waals surface area contributed by atoms with Gasteiger partial charge >= 0.3 is 6.03 Å². The van der Waals surface area contributed by atoms with E-state index in [1.54, 1.807) is 16.6 Å². The third-order valence-electron chi connectivity index (χ3n) is 4.99. The predicted octanol–water partition coefficient (Wildman–Crippen LogP) is 2.86. The topological polar surface area (TPSA) is 91.7 Å². The lowest BCUT2D eigenvalue weighted by molar-refractivity contribution is -0.103. The molecule has 0 saturated carbocycles. The molecule has 0 bridgehead atoms. The molecule has 180 valence electrons. The van der Waals surface area contributed by atoms with Gasteiger partial charge in [0.25, 0.3) is 12.3 Å². The van der Waals surface area contributed by atoms with Crippen molar-refractivity contribution in [2.75, 3.05) is 39.1 Å². The molecular formula is C20H24BrF3N6O3. The number of carbonyl (C=O) groups excluding carboxylic acids is 2. The number of amides is 3. The van der Waals surface area contributed by atoms with Crippen molar-refractivity contribution in [3.05, 3.63) is 45.4 Å². The SMILES string of the molecule is CN1OCCn2nc3c(c2C1=O)CN(C(=O)Nc1ccc(F)c(Br)c1)CC3.CNCC(F)F. The maximum absolute atomic E-state index is 13.4. The molecule has 3 amide bonds. The molecule has 4 rings (SSSR count). The van der Waals surface area contributed by atoms with Crippen molar-refractivity contribution in [1.29, 1.82) is 0 Å². The first kappa shape index (κ1) is 25.0.